The molecule has 0 aliphatic rings. The summed E-state index contributed by atoms with van der Waals surface area (Å²) in [4.78, 5) is 10.6. The number of hydrogen-bond acceptors (Lipinski definition) is 2. The highest BCUT2D eigenvalue weighted by atomic mass is 16.4. The minimum absolute atomic E-state index is 0.0783. The number of benzene rings is 1. The van der Waals surface area contributed by atoms with Crippen molar-refractivity contribution in [2.45, 2.75) is 52.0 Å². The largest absolute Gasteiger partial charge is 0.481 e. The van der Waals surface area contributed by atoms with E-state index < -0.39 is 5.97 Å². The van der Waals surface area contributed by atoms with Crippen molar-refractivity contribution in [3.63, 3.8) is 0 Å². The molecule has 0 heterocycles. The van der Waals surface area contributed by atoms with E-state index in [1.165, 1.54) is 5.56 Å². The number of nitrogens with two attached hydrogens (primary N) is 1. The van der Waals surface area contributed by atoms with Crippen molar-refractivity contribution in [3.8, 4) is 0 Å². The summed E-state index contributed by atoms with van der Waals surface area (Å²) in [6, 6.07) is 6.09. The Morgan fingerprint density at radius 1 is 1.39 bits per heavy atom. The number of aryl methyl sites for hydroxylation is 1. The van der Waals surface area contributed by atoms with Crippen LogP contribution in [-0.2, 0) is 10.2 Å². The quantitative estimate of drug-likeness (QED) is 0.861. The molecule has 100 valence electrons. The van der Waals surface area contributed by atoms with Gasteiger partial charge in [-0.25, -0.2) is 0 Å². The lowest BCUT2D eigenvalue weighted by Crippen LogP contribution is -2.17. The Kier molecular flexibility index (Phi) is 4.52. The van der Waals surface area contributed by atoms with Crippen molar-refractivity contribution in [3.05, 3.63) is 34.9 Å². The molecule has 0 radical (unpaired) electrons. The van der Waals surface area contributed by atoms with Crippen LogP contribution in [0.3, 0.4) is 0 Å². The number of carboxylic acid groups (broad SMARTS) is 1. The molecule has 0 aliphatic carbocycles. The lowest BCUT2D eigenvalue weighted by molar-refractivity contribution is -0.137. The molecule has 1 unspecified atom stereocenters. The van der Waals surface area contributed by atoms with Crippen molar-refractivity contribution in [2.24, 2.45) is 5.73 Å². The maximum atomic E-state index is 10.6. The fourth-order valence-corrected chi connectivity index (χ4v) is 1.94. The molecule has 0 bridgehead atoms. The summed E-state index contributed by atoms with van der Waals surface area (Å²) in [7, 11) is 0. The Hall–Kier alpha value is -1.35. The Morgan fingerprint density at radius 2 is 2.00 bits per heavy atom. The third-order valence-electron chi connectivity index (χ3n) is 3.21. The van der Waals surface area contributed by atoms with Crippen molar-refractivity contribution < 1.29 is 9.90 Å². The lowest BCUT2D eigenvalue weighted by atomic mass is 9.84. The van der Waals surface area contributed by atoms with Gasteiger partial charge in [0.2, 0.25) is 0 Å². The van der Waals surface area contributed by atoms with Gasteiger partial charge >= 0.3 is 5.97 Å². The van der Waals surface area contributed by atoms with E-state index in [9.17, 15) is 4.79 Å². The summed E-state index contributed by atoms with van der Waals surface area (Å²) in [5.74, 6) is -0.796. The van der Waals surface area contributed by atoms with Crippen LogP contribution in [0.4, 0.5) is 0 Å². The zero-order chi connectivity index (χ0) is 13.9. The van der Waals surface area contributed by atoms with Gasteiger partial charge in [0.15, 0.2) is 0 Å². The standard InChI is InChI=1S/C15H23NO2/c1-10-5-6-11(15(2,3)4)9-12(10)13(16)7-8-14(17)18/h5-6,9,13H,7-8,16H2,1-4H3,(H,17,18). The average Bonchev–Trinajstić information content (AvgIpc) is 2.24. The van der Waals surface area contributed by atoms with Crippen molar-refractivity contribution in [2.75, 3.05) is 0 Å². The minimum atomic E-state index is -0.796. The van der Waals surface area contributed by atoms with Crippen molar-refractivity contribution in [1.29, 1.82) is 0 Å². The smallest absolute Gasteiger partial charge is 0.303 e. The first-order chi connectivity index (χ1) is 8.21. The maximum Gasteiger partial charge on any atom is 0.303 e. The van der Waals surface area contributed by atoms with Gasteiger partial charge in [0, 0.05) is 12.5 Å². The second-order valence-corrected chi connectivity index (χ2v) is 5.86. The first-order valence-corrected chi connectivity index (χ1v) is 6.30. The van der Waals surface area contributed by atoms with E-state index in [-0.39, 0.29) is 17.9 Å². The van der Waals surface area contributed by atoms with Gasteiger partial charge in [-0.1, -0.05) is 39.0 Å². The van der Waals surface area contributed by atoms with Crippen LogP contribution in [0.25, 0.3) is 0 Å². The van der Waals surface area contributed by atoms with Crippen LogP contribution in [0.5, 0.6) is 0 Å². The van der Waals surface area contributed by atoms with Crippen LogP contribution in [-0.4, -0.2) is 11.1 Å². The highest BCUT2D eigenvalue weighted by molar-refractivity contribution is 5.66. The molecule has 1 aromatic carbocycles. The molecule has 1 atom stereocenters. The van der Waals surface area contributed by atoms with Gasteiger partial charge in [-0.15, -0.1) is 0 Å². The predicted octanol–water partition coefficient (Wildman–Crippen LogP) is 3.16. The van der Waals surface area contributed by atoms with E-state index in [1.807, 2.05) is 6.92 Å². The number of hydrogen-bond donors (Lipinski definition) is 2. The Labute approximate surface area is 109 Å². The number of aliphatic carboxylic acids is 1. The minimum Gasteiger partial charge on any atom is -0.481 e. The van der Waals surface area contributed by atoms with E-state index in [2.05, 4.69) is 39.0 Å². The molecule has 0 saturated carbocycles. The zero-order valence-corrected chi connectivity index (χ0v) is 11.7. The highest BCUT2D eigenvalue weighted by Gasteiger charge is 2.17. The normalized spacial score (nSPS) is 13.4. The van der Waals surface area contributed by atoms with Gasteiger partial charge in [-0.2, -0.15) is 0 Å². The number of carbonyl (C=O) groups is 1. The Balaban J connectivity index is 2.97. The summed E-state index contributed by atoms with van der Waals surface area (Å²) < 4.78 is 0. The molecule has 1 rings (SSSR count). The SMILES string of the molecule is Cc1ccc(C(C)(C)C)cc1C(N)CCC(=O)O. The molecule has 1 aromatic rings. The van der Waals surface area contributed by atoms with Crippen LogP contribution < -0.4 is 5.73 Å². The highest BCUT2D eigenvalue weighted by Crippen LogP contribution is 2.28. The molecule has 0 aliphatic heterocycles. The van der Waals surface area contributed by atoms with Crippen LogP contribution in [0.1, 0.15) is 56.3 Å². The second kappa shape index (κ2) is 5.53. The number of carboxylic acids is 1. The topological polar surface area (TPSA) is 63.3 Å². The summed E-state index contributed by atoms with van der Waals surface area (Å²) >= 11 is 0. The van der Waals surface area contributed by atoms with Crippen molar-refractivity contribution in [1.82, 2.24) is 0 Å². The van der Waals surface area contributed by atoms with Crippen LogP contribution in [0.15, 0.2) is 18.2 Å². The van der Waals surface area contributed by atoms with E-state index in [0.717, 1.165) is 11.1 Å². The van der Waals surface area contributed by atoms with Crippen molar-refractivity contribution >= 4 is 5.97 Å². The summed E-state index contributed by atoms with van der Waals surface area (Å²) in [5, 5.41) is 8.71. The molecular weight excluding hydrogens is 226 g/mol. The molecule has 3 heteroatoms. The van der Waals surface area contributed by atoms with Gasteiger partial charge in [-0.05, 0) is 35.4 Å². The first kappa shape index (κ1) is 14.7. The van der Waals surface area contributed by atoms with Gasteiger partial charge in [-0.3, -0.25) is 4.79 Å². The van der Waals surface area contributed by atoms with E-state index >= 15 is 0 Å². The lowest BCUT2D eigenvalue weighted by Gasteiger charge is -2.22. The third-order valence-corrected chi connectivity index (χ3v) is 3.21. The Bertz CT molecular complexity index is 433. The summed E-state index contributed by atoms with van der Waals surface area (Å²) in [6.07, 6.45) is 0.587. The fraction of sp³-hybridized carbons (Fsp3) is 0.533. The monoisotopic (exact) mass is 249 g/mol. The van der Waals surface area contributed by atoms with Gasteiger partial charge in [0.25, 0.3) is 0 Å². The maximum absolute atomic E-state index is 10.6. The van der Waals surface area contributed by atoms with Crippen LogP contribution in [0, 0.1) is 6.92 Å². The molecule has 18 heavy (non-hydrogen) atoms. The van der Waals surface area contributed by atoms with Gasteiger partial charge in [0.05, 0.1) is 0 Å². The zero-order valence-electron chi connectivity index (χ0n) is 11.7. The van der Waals surface area contributed by atoms with Gasteiger partial charge < -0.3 is 10.8 Å². The van der Waals surface area contributed by atoms with E-state index in [4.69, 9.17) is 10.8 Å². The van der Waals surface area contributed by atoms with Crippen LogP contribution >= 0.6 is 0 Å². The molecular formula is C15H23NO2. The van der Waals surface area contributed by atoms with Crippen LogP contribution in [0.2, 0.25) is 0 Å². The first-order valence-electron chi connectivity index (χ1n) is 6.30. The predicted molar refractivity (Wildman–Crippen MR) is 73.7 cm³/mol. The molecule has 0 spiro atoms. The van der Waals surface area contributed by atoms with Gasteiger partial charge in [0.1, 0.15) is 0 Å². The Morgan fingerprint density at radius 3 is 2.50 bits per heavy atom. The average molecular weight is 249 g/mol. The molecule has 0 fully saturated rings. The second-order valence-electron chi connectivity index (χ2n) is 5.86. The molecule has 0 amide bonds. The van der Waals surface area contributed by atoms with E-state index in [0.29, 0.717) is 6.42 Å². The molecule has 0 saturated heterocycles. The summed E-state index contributed by atoms with van der Waals surface area (Å²) in [6.45, 7) is 8.49. The summed E-state index contributed by atoms with van der Waals surface area (Å²) in [5.41, 5.74) is 9.59. The molecule has 0 aromatic heterocycles. The fourth-order valence-electron chi connectivity index (χ4n) is 1.94. The molecule has 3 N–H and O–H groups in total. The van der Waals surface area contributed by atoms with E-state index in [1.54, 1.807) is 0 Å². The molecule has 3 nitrogen and oxygen atoms in total. The number of rotatable bonds is 4. The third kappa shape index (κ3) is 3.84.